The molecule has 2 nitrogen and oxygen atoms in total. The van der Waals surface area contributed by atoms with Gasteiger partial charge in [-0.3, -0.25) is 0 Å². The zero-order valence-corrected chi connectivity index (χ0v) is 46.3. The number of thiophene rings is 1. The minimum Gasteiger partial charge on any atom is -0.311 e. The highest BCUT2D eigenvalue weighted by atomic mass is 32.1. The molecular formula is C67H77BN2S. The van der Waals surface area contributed by atoms with Crippen LogP contribution in [0.15, 0.2) is 96.6 Å². The van der Waals surface area contributed by atoms with Crippen molar-refractivity contribution in [3.63, 3.8) is 0 Å². The minimum absolute atomic E-state index is 0.0183. The number of allylic oxidation sites excluding steroid dienone is 1. The number of fused-ring (bicyclic) bond motifs is 14. The Morgan fingerprint density at radius 1 is 0.620 bits per heavy atom. The Labute approximate surface area is 431 Å². The van der Waals surface area contributed by atoms with Crippen molar-refractivity contribution in [1.29, 1.82) is 0 Å². The van der Waals surface area contributed by atoms with Crippen LogP contribution in [-0.2, 0) is 27.1 Å². The van der Waals surface area contributed by atoms with E-state index in [-0.39, 0.29) is 39.2 Å². The van der Waals surface area contributed by atoms with E-state index >= 15 is 0 Å². The maximum absolute atomic E-state index is 2.80. The molecule has 0 N–H and O–H groups in total. The van der Waals surface area contributed by atoms with Crippen LogP contribution in [0.2, 0.25) is 0 Å². The van der Waals surface area contributed by atoms with Crippen molar-refractivity contribution in [2.24, 2.45) is 17.3 Å². The fourth-order valence-electron chi connectivity index (χ4n) is 15.7. The van der Waals surface area contributed by atoms with Crippen LogP contribution in [-0.4, -0.2) is 6.71 Å². The Morgan fingerprint density at radius 2 is 1.25 bits per heavy atom. The van der Waals surface area contributed by atoms with Gasteiger partial charge in [0.15, 0.2) is 0 Å². The molecule has 13 rings (SSSR count). The van der Waals surface area contributed by atoms with Gasteiger partial charge in [0, 0.05) is 33.2 Å². The SMILES string of the molecule is Cc1cc2c3c(c1)N(c1ccc4c(c1)C(C)(C)CCC4(C)C)c1sc4c(c1B3c1cc(C(C)(C)C)ccc1N2c1cc2c(cc1-c1ccccc1)C(C)(C)CCC2(C)C)C1CC(=C4)C(C)C2CCC1(C)C2. The predicted molar refractivity (Wildman–Crippen MR) is 308 cm³/mol. The van der Waals surface area contributed by atoms with Gasteiger partial charge in [-0.2, -0.15) is 0 Å². The lowest BCUT2D eigenvalue weighted by Crippen LogP contribution is -2.62. The average molecular weight is 953 g/mol. The number of nitrogens with zero attached hydrogens (tertiary/aromatic N) is 2. The van der Waals surface area contributed by atoms with E-state index in [4.69, 9.17) is 0 Å². The van der Waals surface area contributed by atoms with E-state index in [0.717, 1.165) is 5.92 Å². The Bertz CT molecular complexity index is 3280. The van der Waals surface area contributed by atoms with Crippen molar-refractivity contribution in [3.8, 4) is 11.1 Å². The van der Waals surface area contributed by atoms with E-state index < -0.39 is 0 Å². The summed E-state index contributed by atoms with van der Waals surface area (Å²) < 4.78 is 0. The number of anilines is 6. The molecule has 5 aliphatic carbocycles. The molecule has 1 aromatic heterocycles. The Kier molecular flexibility index (Phi) is 9.67. The molecule has 3 heterocycles. The lowest BCUT2D eigenvalue weighted by molar-refractivity contribution is 0.259. The maximum Gasteiger partial charge on any atom is 0.253 e. The first-order chi connectivity index (χ1) is 33.5. The fourth-order valence-corrected chi connectivity index (χ4v) is 17.1. The summed E-state index contributed by atoms with van der Waals surface area (Å²) in [5, 5.41) is 1.45. The quantitative estimate of drug-likeness (QED) is 0.163. The summed E-state index contributed by atoms with van der Waals surface area (Å²) in [4.78, 5) is 7.10. The molecule has 0 amide bonds. The van der Waals surface area contributed by atoms with Gasteiger partial charge >= 0.3 is 0 Å². The van der Waals surface area contributed by atoms with Gasteiger partial charge in [0.1, 0.15) is 0 Å². The molecule has 71 heavy (non-hydrogen) atoms. The molecule has 4 atom stereocenters. The number of rotatable bonds is 3. The smallest absolute Gasteiger partial charge is 0.253 e. The van der Waals surface area contributed by atoms with Crippen LogP contribution in [0.3, 0.4) is 0 Å². The van der Waals surface area contributed by atoms with Gasteiger partial charge in [-0.25, -0.2) is 0 Å². The van der Waals surface area contributed by atoms with Gasteiger partial charge in [0.25, 0.3) is 6.71 Å². The monoisotopic (exact) mass is 953 g/mol. The fraction of sp³-hybridized carbons (Fsp3) is 0.463. The van der Waals surface area contributed by atoms with Crippen molar-refractivity contribution >= 4 is 74.0 Å². The highest BCUT2D eigenvalue weighted by Crippen LogP contribution is 2.64. The van der Waals surface area contributed by atoms with E-state index in [2.05, 4.69) is 215 Å². The van der Waals surface area contributed by atoms with E-state index in [9.17, 15) is 0 Å². The second-order valence-corrected chi connectivity index (χ2v) is 28.9. The van der Waals surface area contributed by atoms with Crippen molar-refractivity contribution in [2.45, 2.75) is 181 Å². The van der Waals surface area contributed by atoms with Crippen LogP contribution >= 0.6 is 11.3 Å². The third-order valence-electron chi connectivity index (χ3n) is 20.4. The summed E-state index contributed by atoms with van der Waals surface area (Å²) in [7, 11) is 0. The van der Waals surface area contributed by atoms with Crippen molar-refractivity contribution in [1.82, 2.24) is 0 Å². The highest BCUT2D eigenvalue weighted by Gasteiger charge is 2.54. The Hall–Kier alpha value is -4.80. The highest BCUT2D eigenvalue weighted by molar-refractivity contribution is 7.21. The summed E-state index contributed by atoms with van der Waals surface area (Å²) in [6.07, 6.45) is 12.7. The topological polar surface area (TPSA) is 6.48 Å². The summed E-state index contributed by atoms with van der Waals surface area (Å²) in [6.45, 7) is 34.9. The van der Waals surface area contributed by atoms with Gasteiger partial charge < -0.3 is 9.80 Å². The molecule has 7 aliphatic rings. The number of hydrogen-bond acceptors (Lipinski definition) is 3. The van der Waals surface area contributed by atoms with Crippen LogP contribution in [0.5, 0.6) is 0 Å². The third kappa shape index (κ3) is 6.63. The summed E-state index contributed by atoms with van der Waals surface area (Å²) in [5.41, 5.74) is 26.6. The first kappa shape index (κ1) is 46.0. The zero-order valence-electron chi connectivity index (χ0n) is 45.5. The summed E-state index contributed by atoms with van der Waals surface area (Å²) >= 11 is 2.12. The van der Waals surface area contributed by atoms with Crippen LogP contribution in [0.4, 0.5) is 33.4 Å². The molecule has 364 valence electrons. The molecule has 4 unspecified atom stereocenters. The molecule has 6 aromatic rings. The van der Waals surface area contributed by atoms with E-state index in [1.54, 1.807) is 21.5 Å². The molecular weight excluding hydrogens is 876 g/mol. The molecule has 2 fully saturated rings. The van der Waals surface area contributed by atoms with E-state index in [0.29, 0.717) is 11.8 Å². The van der Waals surface area contributed by atoms with Gasteiger partial charge in [0.05, 0.1) is 10.7 Å². The first-order valence-corrected chi connectivity index (χ1v) is 28.4. The zero-order chi connectivity index (χ0) is 49.7. The molecule has 0 radical (unpaired) electrons. The first-order valence-electron chi connectivity index (χ1n) is 27.6. The van der Waals surface area contributed by atoms with Gasteiger partial charge in [-0.1, -0.05) is 144 Å². The molecule has 4 bridgehead atoms. The van der Waals surface area contributed by atoms with Crippen LogP contribution in [0.1, 0.15) is 191 Å². The van der Waals surface area contributed by atoms with Crippen molar-refractivity contribution < 1.29 is 0 Å². The second-order valence-electron chi connectivity index (χ2n) is 27.9. The lowest BCUT2D eigenvalue weighted by atomic mass is 9.32. The normalized spacial score (nSPS) is 25.5. The van der Waals surface area contributed by atoms with Gasteiger partial charge in [-0.15, -0.1) is 11.3 Å². The molecule has 4 heteroatoms. The second kappa shape index (κ2) is 14.9. The Morgan fingerprint density at radius 3 is 1.93 bits per heavy atom. The van der Waals surface area contributed by atoms with Crippen LogP contribution in [0.25, 0.3) is 17.2 Å². The maximum atomic E-state index is 2.80. The minimum atomic E-state index is -0.0183. The average Bonchev–Trinajstić information content (AvgIpc) is 3.90. The molecule has 2 saturated carbocycles. The van der Waals surface area contributed by atoms with Crippen LogP contribution < -0.4 is 26.2 Å². The molecule has 0 saturated heterocycles. The lowest BCUT2D eigenvalue weighted by Gasteiger charge is -2.47. The predicted octanol–water partition coefficient (Wildman–Crippen LogP) is 17.1. The summed E-state index contributed by atoms with van der Waals surface area (Å²) in [6, 6.07) is 37.2. The standard InChI is InChI=1S/C67H77BN2S/c1-39-30-55-59-56(31-39)70(54-37-50-49(65(10,11)28-29-66(50,12)13)36-46(54)41-18-16-15-17-19-41)53-23-20-44(62(3,4)5)34-52(53)68(59)60-58-51-32-43(40(2)42-24-25-67(51,14)38-42)33-57(58)71-61(60)69(55)45-21-22-47-48(35-45)64(8,9)27-26-63(47,6)7/h15-23,30-31,33-37,40,42,51H,24-29,32,38H2,1-14H3. The third-order valence-corrected chi connectivity index (χ3v) is 21.6. The van der Waals surface area contributed by atoms with Gasteiger partial charge in [-0.05, 0) is 218 Å². The number of aryl methyl sites for hydroxylation is 1. The molecule has 0 spiro atoms. The van der Waals surface area contributed by atoms with Gasteiger partial charge in [0.2, 0.25) is 0 Å². The summed E-state index contributed by atoms with van der Waals surface area (Å²) in [5.74, 6) is 1.95. The Balaban J connectivity index is 1.16. The van der Waals surface area contributed by atoms with Crippen molar-refractivity contribution in [2.75, 3.05) is 9.80 Å². The van der Waals surface area contributed by atoms with E-state index in [1.165, 1.54) is 140 Å². The van der Waals surface area contributed by atoms with Crippen LogP contribution in [0, 0.1) is 24.2 Å². The number of benzene rings is 5. The largest absolute Gasteiger partial charge is 0.311 e. The molecule has 5 aromatic carbocycles. The van der Waals surface area contributed by atoms with Crippen molar-refractivity contribution in [3.05, 3.63) is 140 Å². The number of hydrogen-bond donors (Lipinski definition) is 0. The van der Waals surface area contributed by atoms with E-state index in [1.807, 2.05) is 0 Å². The molecule has 2 aliphatic heterocycles.